The first-order valence-corrected chi connectivity index (χ1v) is 7.66. The van der Waals surface area contributed by atoms with E-state index >= 15 is 0 Å². The van der Waals surface area contributed by atoms with Crippen LogP contribution in [0.25, 0.3) is 11.0 Å². The fourth-order valence-corrected chi connectivity index (χ4v) is 2.47. The van der Waals surface area contributed by atoms with Crippen LogP contribution in [0.4, 0.5) is 0 Å². The number of benzene rings is 1. The zero-order chi connectivity index (χ0) is 17.1. The quantitative estimate of drug-likeness (QED) is 0.729. The predicted molar refractivity (Wildman–Crippen MR) is 86.1 cm³/mol. The lowest BCUT2D eigenvalue weighted by atomic mass is 10.1. The summed E-state index contributed by atoms with van der Waals surface area (Å²) in [6, 6.07) is 6.89. The summed E-state index contributed by atoms with van der Waals surface area (Å²) in [6.07, 6.45) is 1.49. The molecule has 0 spiro atoms. The van der Waals surface area contributed by atoms with Crippen LogP contribution in [0.2, 0.25) is 5.02 Å². The van der Waals surface area contributed by atoms with Crippen molar-refractivity contribution in [1.82, 2.24) is 15.4 Å². The number of carboxylic acid groups (broad SMARTS) is 1. The Labute approximate surface area is 142 Å². The minimum Gasteiger partial charge on any atom is -0.483 e. The predicted octanol–water partition coefficient (Wildman–Crippen LogP) is 3.43. The Morgan fingerprint density at radius 2 is 2.29 bits per heavy atom. The zero-order valence-electron chi connectivity index (χ0n) is 12.8. The van der Waals surface area contributed by atoms with Crippen molar-refractivity contribution in [1.29, 1.82) is 0 Å². The average Bonchev–Trinajstić information content (AvgIpc) is 2.96. The first-order chi connectivity index (χ1) is 11.5. The molecule has 7 nitrogen and oxygen atoms in total. The molecule has 0 saturated carbocycles. The minimum atomic E-state index is -0.894. The summed E-state index contributed by atoms with van der Waals surface area (Å²) >= 11 is 6.28. The molecule has 0 aliphatic carbocycles. The third-order valence-electron chi connectivity index (χ3n) is 3.49. The Kier molecular flexibility index (Phi) is 4.61. The summed E-state index contributed by atoms with van der Waals surface area (Å²) in [4.78, 5) is 10.7. The van der Waals surface area contributed by atoms with Crippen molar-refractivity contribution < 1.29 is 19.2 Å². The third kappa shape index (κ3) is 3.46. The monoisotopic (exact) mass is 347 g/mol. The van der Waals surface area contributed by atoms with Crippen LogP contribution < -0.4 is 4.74 Å². The summed E-state index contributed by atoms with van der Waals surface area (Å²) in [5.41, 5.74) is 1.72. The van der Waals surface area contributed by atoms with E-state index in [2.05, 4.69) is 15.4 Å². The van der Waals surface area contributed by atoms with E-state index in [0.717, 1.165) is 0 Å². The van der Waals surface area contributed by atoms with Crippen LogP contribution in [0.15, 0.2) is 35.0 Å². The van der Waals surface area contributed by atoms with Crippen LogP contribution in [0.3, 0.4) is 0 Å². The van der Waals surface area contributed by atoms with Crippen molar-refractivity contribution >= 4 is 28.5 Å². The number of rotatable bonds is 6. The van der Waals surface area contributed by atoms with Gasteiger partial charge in [-0.05, 0) is 25.1 Å². The summed E-state index contributed by atoms with van der Waals surface area (Å²) in [6.45, 7) is 1.84. The highest BCUT2D eigenvalue weighted by molar-refractivity contribution is 6.32. The van der Waals surface area contributed by atoms with Crippen LogP contribution in [0.1, 0.15) is 30.8 Å². The van der Waals surface area contributed by atoms with E-state index in [0.29, 0.717) is 33.1 Å². The van der Waals surface area contributed by atoms with Gasteiger partial charge in [0.1, 0.15) is 17.5 Å². The number of aliphatic carboxylic acids is 1. The topological polar surface area (TPSA) is 98.3 Å². The third-order valence-corrected chi connectivity index (χ3v) is 3.78. The molecule has 1 aromatic carbocycles. The highest BCUT2D eigenvalue weighted by Crippen LogP contribution is 2.34. The normalized spacial score (nSPS) is 12.2. The highest BCUT2D eigenvalue weighted by Gasteiger charge is 2.16. The van der Waals surface area contributed by atoms with E-state index in [9.17, 15) is 4.79 Å². The molecule has 0 unspecified atom stereocenters. The van der Waals surface area contributed by atoms with Gasteiger partial charge in [-0.2, -0.15) is 10.2 Å². The lowest BCUT2D eigenvalue weighted by Crippen LogP contribution is -2.06. The molecule has 0 aliphatic heterocycles. The second-order valence-corrected chi connectivity index (χ2v) is 5.62. The zero-order valence-corrected chi connectivity index (χ0v) is 13.5. The maximum absolute atomic E-state index is 10.7. The van der Waals surface area contributed by atoms with E-state index in [4.69, 9.17) is 26.0 Å². The van der Waals surface area contributed by atoms with Crippen LogP contribution in [-0.4, -0.2) is 26.4 Å². The Morgan fingerprint density at radius 1 is 1.46 bits per heavy atom. The van der Waals surface area contributed by atoms with Gasteiger partial charge in [0.15, 0.2) is 5.58 Å². The summed E-state index contributed by atoms with van der Waals surface area (Å²) < 4.78 is 11.1. The van der Waals surface area contributed by atoms with Gasteiger partial charge in [-0.25, -0.2) is 0 Å². The van der Waals surface area contributed by atoms with Crippen LogP contribution in [-0.2, 0) is 11.2 Å². The van der Waals surface area contributed by atoms with Crippen molar-refractivity contribution in [3.63, 3.8) is 0 Å². The molecule has 0 amide bonds. The second-order valence-electron chi connectivity index (χ2n) is 5.21. The van der Waals surface area contributed by atoms with Gasteiger partial charge in [0.05, 0.1) is 17.1 Å². The molecular formula is C16H14ClN3O4. The molecule has 0 aliphatic rings. The van der Waals surface area contributed by atoms with Crippen molar-refractivity contribution in [2.45, 2.75) is 25.9 Å². The van der Waals surface area contributed by atoms with E-state index in [-0.39, 0.29) is 18.9 Å². The van der Waals surface area contributed by atoms with Crippen molar-refractivity contribution in [2.75, 3.05) is 0 Å². The van der Waals surface area contributed by atoms with Gasteiger partial charge in [0.2, 0.25) is 0 Å². The van der Waals surface area contributed by atoms with E-state index < -0.39 is 5.97 Å². The number of halogens is 1. The molecule has 3 rings (SSSR count). The van der Waals surface area contributed by atoms with Gasteiger partial charge < -0.3 is 14.4 Å². The molecule has 24 heavy (non-hydrogen) atoms. The number of aromatic nitrogens is 3. The first-order valence-electron chi connectivity index (χ1n) is 7.28. The van der Waals surface area contributed by atoms with Gasteiger partial charge >= 0.3 is 5.97 Å². The minimum absolute atomic E-state index is 0.0266. The smallest absolute Gasteiger partial charge is 0.303 e. The van der Waals surface area contributed by atoms with Crippen molar-refractivity contribution in [3.05, 3.63) is 46.9 Å². The molecule has 8 heteroatoms. The molecule has 3 aromatic rings. The first kappa shape index (κ1) is 16.2. The molecule has 1 N–H and O–H groups in total. The second kappa shape index (κ2) is 6.84. The number of nitrogens with zero attached hydrogens (tertiary/aromatic N) is 3. The molecule has 2 aromatic heterocycles. The number of aryl methyl sites for hydroxylation is 1. The van der Waals surface area contributed by atoms with Crippen LogP contribution >= 0.6 is 11.6 Å². The lowest BCUT2D eigenvalue weighted by molar-refractivity contribution is -0.136. The van der Waals surface area contributed by atoms with Gasteiger partial charge in [-0.3, -0.25) is 4.79 Å². The average molecular weight is 348 g/mol. The molecule has 0 radical (unpaired) electrons. The number of carboxylic acids is 1. The summed E-state index contributed by atoms with van der Waals surface area (Å²) in [7, 11) is 0. The molecule has 124 valence electrons. The van der Waals surface area contributed by atoms with Gasteiger partial charge in [0.25, 0.3) is 0 Å². The number of carbonyl (C=O) groups is 1. The maximum atomic E-state index is 10.7. The molecule has 2 heterocycles. The lowest BCUT2D eigenvalue weighted by Gasteiger charge is -2.14. The Bertz CT molecular complexity index is 866. The van der Waals surface area contributed by atoms with Gasteiger partial charge in [0, 0.05) is 24.1 Å². The van der Waals surface area contributed by atoms with Crippen LogP contribution in [0, 0.1) is 0 Å². The van der Waals surface area contributed by atoms with Gasteiger partial charge in [-0.1, -0.05) is 16.8 Å². The SMILES string of the molecule is C[C@H](Oc1cc2onc(CCC(=O)O)c2cc1Cl)c1cccnn1. The number of fused-ring (bicyclic) bond motifs is 1. The van der Waals surface area contributed by atoms with E-state index in [1.54, 1.807) is 24.4 Å². The molecule has 0 fully saturated rings. The number of hydrogen-bond donors (Lipinski definition) is 1. The largest absolute Gasteiger partial charge is 0.483 e. The summed E-state index contributed by atoms with van der Waals surface area (Å²) in [5, 5.41) is 21.6. The fraction of sp³-hybridized carbons (Fsp3) is 0.250. The molecule has 1 atom stereocenters. The Balaban J connectivity index is 1.85. The standard InChI is InChI=1S/C16H14ClN3O4/c1-9(12-3-2-6-18-19-12)23-15-8-14-10(7-11(15)17)13(20-24-14)4-5-16(21)22/h2-3,6-9H,4-5H2,1H3,(H,21,22)/t9-/m0/s1. The number of hydrogen-bond acceptors (Lipinski definition) is 6. The molecule has 0 saturated heterocycles. The fourth-order valence-electron chi connectivity index (χ4n) is 2.27. The highest BCUT2D eigenvalue weighted by atomic mass is 35.5. The van der Waals surface area contributed by atoms with Crippen molar-refractivity contribution in [2.24, 2.45) is 0 Å². The van der Waals surface area contributed by atoms with Crippen molar-refractivity contribution in [3.8, 4) is 5.75 Å². The van der Waals surface area contributed by atoms with Crippen LogP contribution in [0.5, 0.6) is 5.75 Å². The van der Waals surface area contributed by atoms with Gasteiger partial charge in [-0.15, -0.1) is 0 Å². The summed E-state index contributed by atoms with van der Waals surface area (Å²) in [5.74, 6) is -0.460. The Morgan fingerprint density at radius 3 is 3.00 bits per heavy atom. The van der Waals surface area contributed by atoms with E-state index in [1.807, 2.05) is 13.0 Å². The Hall–Kier alpha value is -2.67. The molecule has 0 bridgehead atoms. The van der Waals surface area contributed by atoms with E-state index in [1.165, 1.54) is 0 Å². The maximum Gasteiger partial charge on any atom is 0.303 e. The molecular weight excluding hydrogens is 334 g/mol. The number of ether oxygens (including phenoxy) is 1.